The van der Waals surface area contributed by atoms with Gasteiger partial charge in [-0.2, -0.15) is 0 Å². The first-order chi connectivity index (χ1) is 11.9. The van der Waals surface area contributed by atoms with E-state index in [1.165, 1.54) is 32.1 Å². The molecule has 0 saturated carbocycles. The minimum Gasteiger partial charge on any atom is -0.390 e. The van der Waals surface area contributed by atoms with Gasteiger partial charge < -0.3 is 5.11 Å². The maximum atomic E-state index is 11.1. The molecular formula is C23H47NO. The van der Waals surface area contributed by atoms with Gasteiger partial charge in [-0.25, -0.2) is 0 Å². The van der Waals surface area contributed by atoms with E-state index in [4.69, 9.17) is 0 Å². The van der Waals surface area contributed by atoms with Crippen molar-refractivity contribution in [2.24, 2.45) is 0 Å². The Kier molecular flexibility index (Phi) is 15.0. The van der Waals surface area contributed by atoms with E-state index in [0.29, 0.717) is 12.1 Å². The lowest BCUT2D eigenvalue weighted by Gasteiger charge is -2.32. The van der Waals surface area contributed by atoms with Crippen LogP contribution in [0.2, 0.25) is 0 Å². The van der Waals surface area contributed by atoms with Crippen LogP contribution in [0.4, 0.5) is 0 Å². The number of nitrogens with zero attached hydrogens (tertiary/aromatic N) is 1. The standard InChI is InChI=1S/C23H47NO/c1-7-9-11-13-17-23(25,18-14-12-10-8-2)19-15-16-20-24(21(3)4)22(5)6/h21-22,25H,1-2,7-20H2,3-6H3. The van der Waals surface area contributed by atoms with Gasteiger partial charge in [0, 0.05) is 12.1 Å². The maximum Gasteiger partial charge on any atom is 0.0647 e. The van der Waals surface area contributed by atoms with Crippen molar-refractivity contribution >= 4 is 0 Å². The molecule has 0 amide bonds. The van der Waals surface area contributed by atoms with E-state index < -0.39 is 5.60 Å². The first kappa shape index (κ1) is 24.9. The molecule has 0 aromatic carbocycles. The summed E-state index contributed by atoms with van der Waals surface area (Å²) < 4.78 is 0. The van der Waals surface area contributed by atoms with Gasteiger partial charge in [-0.3, -0.25) is 4.90 Å². The van der Waals surface area contributed by atoms with Gasteiger partial charge in [-0.15, -0.1) is 0 Å². The first-order valence-electron chi connectivity index (χ1n) is 10.9. The molecule has 2 radical (unpaired) electrons. The van der Waals surface area contributed by atoms with Gasteiger partial charge in [-0.05, 0) is 66.3 Å². The molecule has 25 heavy (non-hydrogen) atoms. The van der Waals surface area contributed by atoms with Gasteiger partial charge in [0.1, 0.15) is 0 Å². The van der Waals surface area contributed by atoms with Gasteiger partial charge in [0.25, 0.3) is 0 Å². The molecule has 0 atom stereocenters. The lowest BCUT2D eigenvalue weighted by atomic mass is 9.85. The molecule has 0 unspecified atom stereocenters. The molecule has 150 valence electrons. The van der Waals surface area contributed by atoms with Crippen molar-refractivity contribution in [3.8, 4) is 0 Å². The van der Waals surface area contributed by atoms with Gasteiger partial charge in [0.15, 0.2) is 0 Å². The zero-order valence-electron chi connectivity index (χ0n) is 17.9. The second-order valence-electron chi connectivity index (χ2n) is 8.44. The third-order valence-corrected chi connectivity index (χ3v) is 5.42. The van der Waals surface area contributed by atoms with Crippen molar-refractivity contribution in [3.05, 3.63) is 13.8 Å². The Labute approximate surface area is 159 Å². The van der Waals surface area contributed by atoms with Crippen LogP contribution in [-0.2, 0) is 0 Å². The molecule has 0 spiro atoms. The monoisotopic (exact) mass is 353 g/mol. The number of unbranched alkanes of at least 4 members (excludes halogenated alkanes) is 7. The molecule has 0 rings (SSSR count). The maximum absolute atomic E-state index is 11.1. The highest BCUT2D eigenvalue weighted by Gasteiger charge is 2.25. The normalized spacial score (nSPS) is 12.7. The van der Waals surface area contributed by atoms with Crippen LogP contribution >= 0.6 is 0 Å². The van der Waals surface area contributed by atoms with Crippen LogP contribution in [0.5, 0.6) is 0 Å². The highest BCUT2D eigenvalue weighted by Crippen LogP contribution is 2.28. The third kappa shape index (κ3) is 12.8. The van der Waals surface area contributed by atoms with E-state index in [-0.39, 0.29) is 0 Å². The molecular weight excluding hydrogens is 306 g/mol. The van der Waals surface area contributed by atoms with E-state index in [1.807, 2.05) is 0 Å². The lowest BCUT2D eigenvalue weighted by Crippen LogP contribution is -2.38. The Bertz CT molecular complexity index is 268. The summed E-state index contributed by atoms with van der Waals surface area (Å²) in [4.78, 5) is 2.56. The van der Waals surface area contributed by atoms with Crippen molar-refractivity contribution < 1.29 is 5.11 Å². The van der Waals surface area contributed by atoms with Gasteiger partial charge in [0.05, 0.1) is 5.60 Å². The van der Waals surface area contributed by atoms with Crippen LogP contribution in [0.15, 0.2) is 0 Å². The first-order valence-corrected chi connectivity index (χ1v) is 10.9. The Morgan fingerprint density at radius 2 is 1.08 bits per heavy atom. The summed E-state index contributed by atoms with van der Waals surface area (Å²) in [5.74, 6) is 0. The molecule has 0 fully saturated rings. The zero-order chi connectivity index (χ0) is 19.1. The zero-order valence-corrected chi connectivity index (χ0v) is 17.9. The van der Waals surface area contributed by atoms with Crippen molar-refractivity contribution in [1.82, 2.24) is 4.90 Å². The van der Waals surface area contributed by atoms with Crippen LogP contribution in [0, 0.1) is 13.8 Å². The SMILES string of the molecule is [CH2]CCCCCC(O)(CCCCC[CH2])CCCCN(C(C)C)C(C)C. The molecule has 0 bridgehead atoms. The third-order valence-electron chi connectivity index (χ3n) is 5.42. The summed E-state index contributed by atoms with van der Waals surface area (Å²) in [6.45, 7) is 18.1. The average molecular weight is 354 g/mol. The summed E-state index contributed by atoms with van der Waals surface area (Å²) in [7, 11) is 0. The molecule has 1 N–H and O–H groups in total. The van der Waals surface area contributed by atoms with Gasteiger partial charge >= 0.3 is 0 Å². The highest BCUT2D eigenvalue weighted by atomic mass is 16.3. The Morgan fingerprint density at radius 1 is 0.680 bits per heavy atom. The fraction of sp³-hybridized carbons (Fsp3) is 0.913. The number of hydrogen-bond donors (Lipinski definition) is 1. The minimum absolute atomic E-state index is 0.442. The number of hydrogen-bond acceptors (Lipinski definition) is 2. The van der Waals surface area contributed by atoms with Crippen LogP contribution in [0.1, 0.15) is 111 Å². The van der Waals surface area contributed by atoms with Crippen LogP contribution in [0.25, 0.3) is 0 Å². The van der Waals surface area contributed by atoms with E-state index in [2.05, 4.69) is 46.4 Å². The smallest absolute Gasteiger partial charge is 0.0647 e. The van der Waals surface area contributed by atoms with Gasteiger partial charge in [0.2, 0.25) is 0 Å². The minimum atomic E-state index is -0.442. The molecule has 0 aromatic heterocycles. The van der Waals surface area contributed by atoms with Crippen molar-refractivity contribution in [3.63, 3.8) is 0 Å². The topological polar surface area (TPSA) is 23.5 Å². The van der Waals surface area contributed by atoms with Crippen molar-refractivity contribution in [2.75, 3.05) is 6.54 Å². The molecule has 0 aliphatic heterocycles. The molecule has 0 aliphatic carbocycles. The van der Waals surface area contributed by atoms with Gasteiger partial charge in [-0.1, -0.05) is 65.2 Å². The lowest BCUT2D eigenvalue weighted by molar-refractivity contribution is 0.00631. The van der Waals surface area contributed by atoms with E-state index >= 15 is 0 Å². The molecule has 0 heterocycles. The van der Waals surface area contributed by atoms with Crippen molar-refractivity contribution in [2.45, 2.75) is 129 Å². The second kappa shape index (κ2) is 15.0. The Hall–Kier alpha value is -0.0800. The Balaban J connectivity index is 4.30. The molecule has 0 saturated heterocycles. The summed E-state index contributed by atoms with van der Waals surface area (Å²) in [5.41, 5.74) is -0.442. The molecule has 2 nitrogen and oxygen atoms in total. The summed E-state index contributed by atoms with van der Waals surface area (Å²) >= 11 is 0. The van der Waals surface area contributed by atoms with Crippen molar-refractivity contribution in [1.29, 1.82) is 0 Å². The predicted molar refractivity (Wildman–Crippen MR) is 113 cm³/mol. The van der Waals surface area contributed by atoms with E-state index in [0.717, 1.165) is 57.9 Å². The molecule has 0 aromatic rings. The predicted octanol–water partition coefficient (Wildman–Crippen LogP) is 6.58. The fourth-order valence-electron chi connectivity index (χ4n) is 3.85. The largest absolute Gasteiger partial charge is 0.390 e. The molecule has 0 aliphatic rings. The summed E-state index contributed by atoms with van der Waals surface area (Å²) in [6.07, 6.45) is 14.3. The Morgan fingerprint density at radius 3 is 1.44 bits per heavy atom. The van der Waals surface area contributed by atoms with E-state index in [9.17, 15) is 5.11 Å². The molecule has 2 heteroatoms. The summed E-state index contributed by atoms with van der Waals surface area (Å²) in [6, 6.07) is 1.20. The van der Waals surface area contributed by atoms with Crippen LogP contribution in [-0.4, -0.2) is 34.2 Å². The number of aliphatic hydroxyl groups is 1. The second-order valence-corrected chi connectivity index (χ2v) is 8.44. The quantitative estimate of drug-likeness (QED) is 0.299. The summed E-state index contributed by atoms with van der Waals surface area (Å²) in [5, 5.41) is 11.1. The van der Waals surface area contributed by atoms with Crippen LogP contribution in [0.3, 0.4) is 0 Å². The van der Waals surface area contributed by atoms with E-state index in [1.54, 1.807) is 0 Å². The number of rotatable bonds is 17. The highest BCUT2D eigenvalue weighted by molar-refractivity contribution is 4.79. The van der Waals surface area contributed by atoms with Crippen LogP contribution < -0.4 is 0 Å². The average Bonchev–Trinajstić information content (AvgIpc) is 2.55. The fourth-order valence-corrected chi connectivity index (χ4v) is 3.85.